The summed E-state index contributed by atoms with van der Waals surface area (Å²) in [4.78, 5) is 26.6. The van der Waals surface area contributed by atoms with Crippen LogP contribution in [0.5, 0.6) is 5.75 Å². The van der Waals surface area contributed by atoms with E-state index in [1.165, 1.54) is 0 Å². The molecule has 2 aromatic carbocycles. The SMILES string of the molecule is COc1ccc(C(C)(C)C(=O)N2CCC(Cc3ccccc3C(=O)O)CC2)cc1. The lowest BCUT2D eigenvalue weighted by atomic mass is 9.81. The van der Waals surface area contributed by atoms with Crippen molar-refractivity contribution in [3.8, 4) is 5.75 Å². The second-order valence-corrected chi connectivity index (χ2v) is 8.26. The number of carboxylic acid groups (broad SMARTS) is 1. The fourth-order valence-corrected chi connectivity index (χ4v) is 4.08. The highest BCUT2D eigenvalue weighted by molar-refractivity contribution is 5.89. The Balaban J connectivity index is 1.62. The highest BCUT2D eigenvalue weighted by Gasteiger charge is 2.35. The molecule has 0 saturated carbocycles. The number of hydrogen-bond donors (Lipinski definition) is 1. The van der Waals surface area contributed by atoms with Gasteiger partial charge in [-0.3, -0.25) is 4.79 Å². The summed E-state index contributed by atoms with van der Waals surface area (Å²) in [5.74, 6) is 0.421. The lowest BCUT2D eigenvalue weighted by molar-refractivity contribution is -0.137. The Kier molecular flexibility index (Phi) is 6.26. The molecule has 1 saturated heterocycles. The van der Waals surface area contributed by atoms with E-state index < -0.39 is 11.4 Å². The smallest absolute Gasteiger partial charge is 0.335 e. The van der Waals surface area contributed by atoms with Crippen LogP contribution < -0.4 is 4.74 Å². The van der Waals surface area contributed by atoms with Crippen molar-refractivity contribution < 1.29 is 19.4 Å². The number of amides is 1. The molecule has 0 unspecified atom stereocenters. The number of carboxylic acids is 1. The monoisotopic (exact) mass is 395 g/mol. The third-order valence-electron chi connectivity index (χ3n) is 6.00. The van der Waals surface area contributed by atoms with Crippen molar-refractivity contribution in [3.63, 3.8) is 0 Å². The van der Waals surface area contributed by atoms with E-state index in [4.69, 9.17) is 4.74 Å². The topological polar surface area (TPSA) is 66.8 Å². The molecule has 1 N–H and O–H groups in total. The average Bonchev–Trinajstić information content (AvgIpc) is 2.74. The van der Waals surface area contributed by atoms with Gasteiger partial charge in [0.2, 0.25) is 5.91 Å². The molecule has 1 aliphatic heterocycles. The van der Waals surface area contributed by atoms with Gasteiger partial charge in [0.05, 0.1) is 18.1 Å². The van der Waals surface area contributed by atoms with Crippen molar-refractivity contribution in [3.05, 3.63) is 65.2 Å². The lowest BCUT2D eigenvalue weighted by Crippen LogP contribution is -2.47. The van der Waals surface area contributed by atoms with Crippen molar-refractivity contribution in [2.45, 2.75) is 38.5 Å². The summed E-state index contributed by atoms with van der Waals surface area (Å²) in [6.45, 7) is 5.34. The fraction of sp³-hybridized carbons (Fsp3) is 0.417. The van der Waals surface area contributed by atoms with E-state index in [1.807, 2.05) is 55.1 Å². The number of aromatic carboxylic acids is 1. The molecule has 1 heterocycles. The van der Waals surface area contributed by atoms with E-state index in [0.717, 1.165) is 36.1 Å². The summed E-state index contributed by atoms with van der Waals surface area (Å²) >= 11 is 0. The third kappa shape index (κ3) is 4.61. The minimum absolute atomic E-state index is 0.132. The fourth-order valence-electron chi connectivity index (χ4n) is 4.08. The Morgan fingerprint density at radius 2 is 1.69 bits per heavy atom. The Morgan fingerprint density at radius 3 is 2.28 bits per heavy atom. The predicted molar refractivity (Wildman–Crippen MR) is 112 cm³/mol. The second-order valence-electron chi connectivity index (χ2n) is 8.26. The number of likely N-dealkylation sites (tertiary alicyclic amines) is 1. The largest absolute Gasteiger partial charge is 0.497 e. The van der Waals surface area contributed by atoms with E-state index in [9.17, 15) is 14.7 Å². The molecule has 5 nitrogen and oxygen atoms in total. The molecule has 1 aliphatic rings. The summed E-state index contributed by atoms with van der Waals surface area (Å²) in [6, 6.07) is 14.9. The molecule has 1 amide bonds. The molecule has 5 heteroatoms. The first-order valence-corrected chi connectivity index (χ1v) is 10.1. The van der Waals surface area contributed by atoms with E-state index in [1.54, 1.807) is 19.2 Å². The van der Waals surface area contributed by atoms with E-state index in [0.29, 0.717) is 24.6 Å². The molecule has 0 bridgehead atoms. The number of benzene rings is 2. The first kappa shape index (κ1) is 20.9. The standard InChI is InChI=1S/C24H29NO4/c1-24(2,19-8-10-20(29-3)11-9-19)23(28)25-14-12-17(13-15-25)16-18-6-4-5-7-21(18)22(26)27/h4-11,17H,12-16H2,1-3H3,(H,26,27). The van der Waals surface area contributed by atoms with Gasteiger partial charge < -0.3 is 14.7 Å². The lowest BCUT2D eigenvalue weighted by Gasteiger charge is -2.37. The first-order valence-electron chi connectivity index (χ1n) is 10.1. The maximum atomic E-state index is 13.2. The number of nitrogens with zero attached hydrogens (tertiary/aromatic N) is 1. The van der Waals surface area contributed by atoms with Gasteiger partial charge in [-0.1, -0.05) is 30.3 Å². The quantitative estimate of drug-likeness (QED) is 0.798. The normalized spacial score (nSPS) is 15.2. The molecule has 1 fully saturated rings. The summed E-state index contributed by atoms with van der Waals surface area (Å²) in [6.07, 6.45) is 2.52. The molecule has 0 aromatic heterocycles. The molecule has 3 rings (SSSR count). The van der Waals surface area contributed by atoms with Crippen LogP contribution in [0.1, 0.15) is 48.2 Å². The van der Waals surface area contributed by atoms with Gasteiger partial charge in [0, 0.05) is 13.1 Å². The Morgan fingerprint density at radius 1 is 1.07 bits per heavy atom. The van der Waals surface area contributed by atoms with Crippen LogP contribution in [0.2, 0.25) is 0 Å². The van der Waals surface area contributed by atoms with Crippen molar-refractivity contribution in [2.24, 2.45) is 5.92 Å². The number of carbonyl (C=O) groups excluding carboxylic acids is 1. The Bertz CT molecular complexity index is 865. The van der Waals surface area contributed by atoms with Gasteiger partial charge in [0.15, 0.2) is 0 Å². The van der Waals surface area contributed by atoms with Gasteiger partial charge in [-0.2, -0.15) is 0 Å². The van der Waals surface area contributed by atoms with Gasteiger partial charge in [-0.15, -0.1) is 0 Å². The molecular weight excluding hydrogens is 366 g/mol. The Hall–Kier alpha value is -2.82. The van der Waals surface area contributed by atoms with Gasteiger partial charge in [-0.25, -0.2) is 4.79 Å². The maximum Gasteiger partial charge on any atom is 0.335 e. The summed E-state index contributed by atoms with van der Waals surface area (Å²) in [5.41, 5.74) is 1.63. The zero-order valence-corrected chi connectivity index (χ0v) is 17.4. The minimum atomic E-state index is -0.880. The van der Waals surface area contributed by atoms with Gasteiger partial charge in [0.1, 0.15) is 5.75 Å². The zero-order chi connectivity index (χ0) is 21.0. The Labute approximate surface area is 172 Å². The van der Waals surface area contributed by atoms with Crippen LogP contribution in [-0.2, 0) is 16.6 Å². The molecule has 0 aliphatic carbocycles. The van der Waals surface area contributed by atoms with Crippen molar-refractivity contribution in [2.75, 3.05) is 20.2 Å². The third-order valence-corrected chi connectivity index (χ3v) is 6.00. The zero-order valence-electron chi connectivity index (χ0n) is 17.4. The van der Waals surface area contributed by atoms with E-state index in [-0.39, 0.29) is 5.91 Å². The number of piperidine rings is 1. The van der Waals surface area contributed by atoms with Gasteiger partial charge in [0.25, 0.3) is 0 Å². The number of ether oxygens (including phenoxy) is 1. The summed E-state index contributed by atoms with van der Waals surface area (Å²) < 4.78 is 5.21. The minimum Gasteiger partial charge on any atom is -0.497 e. The van der Waals surface area contributed by atoms with Crippen LogP contribution in [0.25, 0.3) is 0 Å². The van der Waals surface area contributed by atoms with Crippen LogP contribution in [0.3, 0.4) is 0 Å². The molecule has 2 aromatic rings. The van der Waals surface area contributed by atoms with Crippen LogP contribution in [0.4, 0.5) is 0 Å². The van der Waals surface area contributed by atoms with Crippen molar-refractivity contribution in [1.82, 2.24) is 4.90 Å². The average molecular weight is 395 g/mol. The highest BCUT2D eigenvalue weighted by Crippen LogP contribution is 2.30. The van der Waals surface area contributed by atoms with Crippen molar-refractivity contribution >= 4 is 11.9 Å². The molecular formula is C24H29NO4. The van der Waals surface area contributed by atoms with E-state index >= 15 is 0 Å². The van der Waals surface area contributed by atoms with E-state index in [2.05, 4.69) is 0 Å². The van der Waals surface area contributed by atoms with Crippen LogP contribution in [0.15, 0.2) is 48.5 Å². The number of rotatable bonds is 6. The predicted octanol–water partition coefficient (Wildman–Crippen LogP) is 4.15. The van der Waals surface area contributed by atoms with Crippen LogP contribution >= 0.6 is 0 Å². The molecule has 154 valence electrons. The van der Waals surface area contributed by atoms with Crippen LogP contribution in [-0.4, -0.2) is 42.1 Å². The second kappa shape index (κ2) is 8.68. The first-order chi connectivity index (χ1) is 13.8. The van der Waals surface area contributed by atoms with Crippen LogP contribution in [0, 0.1) is 5.92 Å². The van der Waals surface area contributed by atoms with Crippen molar-refractivity contribution in [1.29, 1.82) is 0 Å². The molecule has 0 spiro atoms. The molecule has 0 radical (unpaired) electrons. The number of carbonyl (C=O) groups is 2. The number of methoxy groups -OCH3 is 1. The maximum absolute atomic E-state index is 13.2. The summed E-state index contributed by atoms with van der Waals surface area (Å²) in [5, 5.41) is 9.38. The molecule has 0 atom stereocenters. The number of hydrogen-bond acceptors (Lipinski definition) is 3. The van der Waals surface area contributed by atoms with Gasteiger partial charge >= 0.3 is 5.97 Å². The van der Waals surface area contributed by atoms with Gasteiger partial charge in [-0.05, 0) is 68.4 Å². The summed E-state index contributed by atoms with van der Waals surface area (Å²) in [7, 11) is 1.63. The highest BCUT2D eigenvalue weighted by atomic mass is 16.5. The molecule has 29 heavy (non-hydrogen) atoms.